The minimum Gasteiger partial charge on any atom is -0.459 e. The summed E-state index contributed by atoms with van der Waals surface area (Å²) in [5.41, 5.74) is 0.329. The quantitative estimate of drug-likeness (QED) is 0.558. The lowest BCUT2D eigenvalue weighted by atomic mass is 10.1. The molecule has 0 fully saturated rings. The number of carbonyl (C=O) groups excluding carboxylic acids is 1. The first-order valence-electron chi connectivity index (χ1n) is 7.19. The molecule has 2 aromatic carbocycles. The normalized spacial score (nSPS) is 12.1. The summed E-state index contributed by atoms with van der Waals surface area (Å²) in [4.78, 5) is 22.8. The van der Waals surface area contributed by atoms with Gasteiger partial charge in [0.2, 0.25) is 0 Å². The summed E-state index contributed by atoms with van der Waals surface area (Å²) in [6, 6.07) is 12.8. The predicted octanol–water partition coefficient (Wildman–Crippen LogP) is 4.49. The number of nitro benzene ring substituents is 1. The zero-order valence-corrected chi connectivity index (χ0v) is 13.4. The molecule has 1 amide bonds. The fourth-order valence-electron chi connectivity index (χ4n) is 2.41. The van der Waals surface area contributed by atoms with Gasteiger partial charge in [0.25, 0.3) is 11.6 Å². The van der Waals surface area contributed by atoms with E-state index in [-0.39, 0.29) is 16.3 Å². The van der Waals surface area contributed by atoms with Gasteiger partial charge in [0.05, 0.1) is 11.0 Å². The molecule has 122 valence electrons. The van der Waals surface area contributed by atoms with Crippen molar-refractivity contribution in [3.05, 3.63) is 75.0 Å². The van der Waals surface area contributed by atoms with Crippen LogP contribution in [0, 0.1) is 10.1 Å². The number of rotatable bonds is 4. The van der Waals surface area contributed by atoms with Crippen LogP contribution in [0.5, 0.6) is 0 Å². The lowest BCUT2D eigenvalue weighted by Gasteiger charge is -2.11. The number of halogens is 1. The largest absolute Gasteiger partial charge is 0.459 e. The molecule has 0 unspecified atom stereocenters. The maximum atomic E-state index is 12.4. The number of hydrogen-bond acceptors (Lipinski definition) is 4. The van der Waals surface area contributed by atoms with E-state index in [0.29, 0.717) is 11.3 Å². The van der Waals surface area contributed by atoms with Gasteiger partial charge in [-0.15, -0.1) is 0 Å². The summed E-state index contributed by atoms with van der Waals surface area (Å²) in [6.45, 7) is 1.75. The highest BCUT2D eigenvalue weighted by atomic mass is 35.5. The summed E-state index contributed by atoms with van der Waals surface area (Å²) in [5.74, 6) is 0.00693. The van der Waals surface area contributed by atoms with E-state index in [1.807, 2.05) is 30.3 Å². The van der Waals surface area contributed by atoms with Crippen LogP contribution in [-0.4, -0.2) is 10.8 Å². The predicted molar refractivity (Wildman–Crippen MR) is 90.2 cm³/mol. The van der Waals surface area contributed by atoms with Gasteiger partial charge in [-0.25, -0.2) is 0 Å². The topological polar surface area (TPSA) is 85.4 Å². The van der Waals surface area contributed by atoms with Gasteiger partial charge in [0.1, 0.15) is 16.9 Å². The molecule has 0 saturated heterocycles. The first-order valence-corrected chi connectivity index (χ1v) is 7.57. The van der Waals surface area contributed by atoms with E-state index in [1.54, 1.807) is 6.92 Å². The van der Waals surface area contributed by atoms with Crippen LogP contribution >= 0.6 is 11.6 Å². The van der Waals surface area contributed by atoms with Crippen molar-refractivity contribution in [2.75, 3.05) is 0 Å². The molecule has 1 aromatic heterocycles. The van der Waals surface area contributed by atoms with Gasteiger partial charge >= 0.3 is 0 Å². The van der Waals surface area contributed by atoms with E-state index in [2.05, 4.69) is 5.32 Å². The summed E-state index contributed by atoms with van der Waals surface area (Å²) in [5, 5.41) is 14.9. The van der Waals surface area contributed by atoms with Crippen molar-refractivity contribution in [1.82, 2.24) is 5.32 Å². The van der Waals surface area contributed by atoms with Gasteiger partial charge in [-0.1, -0.05) is 29.8 Å². The molecule has 1 heterocycles. The average Bonchev–Trinajstić information content (AvgIpc) is 2.98. The van der Waals surface area contributed by atoms with Gasteiger partial charge in [-0.05, 0) is 31.2 Å². The van der Waals surface area contributed by atoms with E-state index >= 15 is 0 Å². The fraction of sp³-hybridized carbons (Fsp3) is 0.118. The third kappa shape index (κ3) is 3.09. The molecule has 0 aliphatic carbocycles. The number of furan rings is 1. The van der Waals surface area contributed by atoms with Crippen molar-refractivity contribution in [3.63, 3.8) is 0 Å². The van der Waals surface area contributed by atoms with Crippen LogP contribution in [0.3, 0.4) is 0 Å². The molecule has 24 heavy (non-hydrogen) atoms. The van der Waals surface area contributed by atoms with Crippen LogP contribution in [0.1, 0.15) is 29.1 Å². The number of benzene rings is 2. The van der Waals surface area contributed by atoms with Crippen molar-refractivity contribution in [2.24, 2.45) is 0 Å². The summed E-state index contributed by atoms with van der Waals surface area (Å²) in [6.07, 6.45) is 0. The Labute approximate surface area is 142 Å². The fourth-order valence-corrected chi connectivity index (χ4v) is 2.58. The van der Waals surface area contributed by atoms with Crippen molar-refractivity contribution >= 4 is 34.2 Å². The third-order valence-electron chi connectivity index (χ3n) is 3.62. The number of nitrogens with one attached hydrogen (secondary N) is 1. The second-order valence-electron chi connectivity index (χ2n) is 5.30. The number of carbonyl (C=O) groups is 1. The molecule has 3 rings (SSSR count). The van der Waals surface area contributed by atoms with Crippen molar-refractivity contribution in [2.45, 2.75) is 13.0 Å². The van der Waals surface area contributed by atoms with Crippen molar-refractivity contribution < 1.29 is 14.1 Å². The van der Waals surface area contributed by atoms with Crippen LogP contribution in [-0.2, 0) is 0 Å². The Kier molecular flexibility index (Phi) is 4.22. The molecular weight excluding hydrogens is 332 g/mol. The van der Waals surface area contributed by atoms with Crippen LogP contribution in [0.2, 0.25) is 5.02 Å². The highest BCUT2D eigenvalue weighted by Gasteiger charge is 2.23. The highest BCUT2D eigenvalue weighted by molar-refractivity contribution is 6.31. The monoisotopic (exact) mass is 344 g/mol. The minimum atomic E-state index is -0.632. The van der Waals surface area contributed by atoms with E-state index in [9.17, 15) is 14.9 Å². The van der Waals surface area contributed by atoms with Crippen molar-refractivity contribution in [3.8, 4) is 0 Å². The molecule has 0 aliphatic heterocycles. The SMILES string of the molecule is C[C@H](NC(=O)c1ccc(Cl)cc1[N+](=O)[O-])c1cc2ccccc2o1. The molecule has 6 nitrogen and oxygen atoms in total. The summed E-state index contributed by atoms with van der Waals surface area (Å²) < 4.78 is 5.69. The molecular formula is C17H13ClN2O4. The van der Waals surface area contributed by atoms with Crippen LogP contribution in [0.15, 0.2) is 52.9 Å². The molecule has 3 aromatic rings. The smallest absolute Gasteiger partial charge is 0.283 e. The zero-order chi connectivity index (χ0) is 17.3. The number of hydrogen-bond donors (Lipinski definition) is 1. The maximum Gasteiger partial charge on any atom is 0.283 e. The number of nitro groups is 1. The first-order chi connectivity index (χ1) is 11.5. The maximum absolute atomic E-state index is 12.4. The van der Waals surface area contributed by atoms with Crippen LogP contribution in [0.4, 0.5) is 5.69 Å². The lowest BCUT2D eigenvalue weighted by Crippen LogP contribution is -2.27. The van der Waals surface area contributed by atoms with E-state index < -0.39 is 16.9 Å². The van der Waals surface area contributed by atoms with Gasteiger partial charge in [-0.3, -0.25) is 14.9 Å². The number of nitrogens with zero attached hydrogens (tertiary/aromatic N) is 1. The molecule has 0 saturated carbocycles. The average molecular weight is 345 g/mol. The van der Waals surface area contributed by atoms with E-state index in [0.717, 1.165) is 11.5 Å². The molecule has 1 atom stereocenters. The van der Waals surface area contributed by atoms with Gasteiger partial charge in [0, 0.05) is 16.5 Å². The summed E-state index contributed by atoms with van der Waals surface area (Å²) >= 11 is 5.76. The third-order valence-corrected chi connectivity index (χ3v) is 3.86. The second kappa shape index (κ2) is 6.33. The van der Waals surface area contributed by atoms with E-state index in [4.69, 9.17) is 16.0 Å². The molecule has 0 aliphatic rings. The van der Waals surface area contributed by atoms with E-state index in [1.165, 1.54) is 12.1 Å². The van der Waals surface area contributed by atoms with Crippen LogP contribution in [0.25, 0.3) is 11.0 Å². The van der Waals surface area contributed by atoms with Gasteiger partial charge in [0.15, 0.2) is 0 Å². The summed E-state index contributed by atoms with van der Waals surface area (Å²) in [7, 11) is 0. The number of amides is 1. The Morgan fingerprint density at radius 3 is 2.71 bits per heavy atom. The molecule has 0 bridgehead atoms. The Morgan fingerprint density at radius 1 is 1.25 bits per heavy atom. The Balaban J connectivity index is 1.85. The zero-order valence-electron chi connectivity index (χ0n) is 12.7. The van der Waals surface area contributed by atoms with Gasteiger partial charge < -0.3 is 9.73 Å². The highest BCUT2D eigenvalue weighted by Crippen LogP contribution is 2.26. The standard InChI is InChI=1S/C17H13ClN2O4/c1-10(16-8-11-4-2-3-5-15(11)24-16)19-17(21)13-7-6-12(18)9-14(13)20(22)23/h2-10H,1H3,(H,19,21)/t10-/m0/s1. The Bertz CT molecular complexity index is 902. The minimum absolute atomic E-state index is 0.0487. The Morgan fingerprint density at radius 2 is 2.00 bits per heavy atom. The second-order valence-corrected chi connectivity index (χ2v) is 5.74. The lowest BCUT2D eigenvalue weighted by molar-refractivity contribution is -0.385. The Hall–Kier alpha value is -2.86. The van der Waals surface area contributed by atoms with Crippen molar-refractivity contribution in [1.29, 1.82) is 0 Å². The van der Waals surface area contributed by atoms with Gasteiger partial charge in [-0.2, -0.15) is 0 Å². The number of fused-ring (bicyclic) bond motifs is 1. The number of para-hydroxylation sites is 1. The molecule has 7 heteroatoms. The molecule has 1 N–H and O–H groups in total. The molecule has 0 spiro atoms. The molecule has 0 radical (unpaired) electrons. The first kappa shape index (κ1) is 16.0. The van der Waals surface area contributed by atoms with Crippen LogP contribution < -0.4 is 5.32 Å².